The van der Waals surface area contributed by atoms with E-state index < -0.39 is 0 Å². The lowest BCUT2D eigenvalue weighted by Gasteiger charge is -2.09. The molecule has 0 aromatic heterocycles. The summed E-state index contributed by atoms with van der Waals surface area (Å²) in [5.74, 6) is 1.62. The second-order valence-corrected chi connectivity index (χ2v) is 5.01. The highest BCUT2D eigenvalue weighted by Crippen LogP contribution is 2.13. The minimum absolute atomic E-state index is 0.497. The molecular formula is C18H24N2O3. The van der Waals surface area contributed by atoms with E-state index >= 15 is 0 Å². The molecule has 124 valence electrons. The summed E-state index contributed by atoms with van der Waals surface area (Å²) in [5.41, 5.74) is 13.3. The molecule has 0 heterocycles. The first-order valence-corrected chi connectivity index (χ1v) is 7.73. The second-order valence-electron chi connectivity index (χ2n) is 5.01. The van der Waals surface area contributed by atoms with E-state index in [1.807, 2.05) is 48.5 Å². The first-order chi connectivity index (χ1) is 11.3. The van der Waals surface area contributed by atoms with E-state index in [-0.39, 0.29) is 0 Å². The SMILES string of the molecule is NCc1cccc(OCCOCCOc2cccc(CN)c2)c1. The molecule has 0 spiro atoms. The van der Waals surface area contributed by atoms with Crippen LogP contribution in [0.2, 0.25) is 0 Å². The van der Waals surface area contributed by atoms with Crippen molar-refractivity contribution in [3.63, 3.8) is 0 Å². The van der Waals surface area contributed by atoms with Gasteiger partial charge < -0.3 is 25.7 Å². The Bertz CT molecular complexity index is 538. The molecule has 0 saturated carbocycles. The predicted molar refractivity (Wildman–Crippen MR) is 90.5 cm³/mol. The number of nitrogens with two attached hydrogens (primary N) is 2. The van der Waals surface area contributed by atoms with Crippen LogP contribution in [0.25, 0.3) is 0 Å². The van der Waals surface area contributed by atoms with Gasteiger partial charge in [0.2, 0.25) is 0 Å². The van der Waals surface area contributed by atoms with Crippen molar-refractivity contribution in [2.24, 2.45) is 11.5 Å². The maximum Gasteiger partial charge on any atom is 0.119 e. The molecule has 5 nitrogen and oxygen atoms in total. The Hall–Kier alpha value is -2.08. The molecule has 5 heteroatoms. The summed E-state index contributed by atoms with van der Waals surface area (Å²) in [4.78, 5) is 0. The van der Waals surface area contributed by atoms with Crippen molar-refractivity contribution in [2.75, 3.05) is 26.4 Å². The Kier molecular flexibility index (Phi) is 7.39. The van der Waals surface area contributed by atoms with Crippen LogP contribution in [-0.4, -0.2) is 26.4 Å². The summed E-state index contributed by atoms with van der Waals surface area (Å²) < 4.78 is 16.7. The zero-order valence-corrected chi connectivity index (χ0v) is 13.2. The molecule has 2 aromatic rings. The van der Waals surface area contributed by atoms with Crippen LogP contribution in [0.5, 0.6) is 11.5 Å². The Balaban J connectivity index is 1.57. The lowest BCUT2D eigenvalue weighted by Crippen LogP contribution is -2.12. The van der Waals surface area contributed by atoms with E-state index in [1.54, 1.807) is 0 Å². The third-order valence-electron chi connectivity index (χ3n) is 3.26. The predicted octanol–water partition coefficient (Wildman–Crippen LogP) is 2.08. The van der Waals surface area contributed by atoms with Crippen molar-refractivity contribution in [3.05, 3.63) is 59.7 Å². The minimum atomic E-state index is 0.497. The van der Waals surface area contributed by atoms with Crippen LogP contribution < -0.4 is 20.9 Å². The first kappa shape index (κ1) is 17.3. The lowest BCUT2D eigenvalue weighted by molar-refractivity contribution is 0.0764. The van der Waals surface area contributed by atoms with Gasteiger partial charge >= 0.3 is 0 Å². The zero-order valence-electron chi connectivity index (χ0n) is 13.2. The van der Waals surface area contributed by atoms with Gasteiger partial charge in [0.1, 0.15) is 24.7 Å². The maximum atomic E-state index is 5.61. The molecule has 0 atom stereocenters. The molecule has 0 radical (unpaired) electrons. The van der Waals surface area contributed by atoms with Crippen LogP contribution in [0.15, 0.2) is 48.5 Å². The highest BCUT2D eigenvalue weighted by molar-refractivity contribution is 5.29. The van der Waals surface area contributed by atoms with E-state index in [4.69, 9.17) is 25.7 Å². The maximum absolute atomic E-state index is 5.61. The summed E-state index contributed by atoms with van der Waals surface area (Å²) in [7, 11) is 0. The molecule has 0 aliphatic heterocycles. The first-order valence-electron chi connectivity index (χ1n) is 7.73. The average Bonchev–Trinajstić information content (AvgIpc) is 2.61. The number of hydrogen-bond donors (Lipinski definition) is 2. The Labute approximate surface area is 137 Å². The number of benzene rings is 2. The standard InChI is InChI=1S/C18H24N2O3/c19-13-15-3-1-5-17(11-15)22-9-7-21-8-10-23-18-6-2-4-16(12-18)14-20/h1-6,11-12H,7-10,13-14,19-20H2. The van der Waals surface area contributed by atoms with Crippen LogP contribution >= 0.6 is 0 Å². The van der Waals surface area contributed by atoms with Crippen molar-refractivity contribution in [3.8, 4) is 11.5 Å². The van der Waals surface area contributed by atoms with Gasteiger partial charge in [0.25, 0.3) is 0 Å². The summed E-state index contributed by atoms with van der Waals surface area (Å²) in [5, 5.41) is 0. The molecule has 0 amide bonds. The van der Waals surface area contributed by atoms with Crippen molar-refractivity contribution in [1.29, 1.82) is 0 Å². The highest BCUT2D eigenvalue weighted by atomic mass is 16.5. The molecule has 0 aliphatic carbocycles. The van der Waals surface area contributed by atoms with Gasteiger partial charge in [0.15, 0.2) is 0 Å². The summed E-state index contributed by atoms with van der Waals surface area (Å²) in [6, 6.07) is 15.5. The van der Waals surface area contributed by atoms with E-state index in [2.05, 4.69) is 0 Å². The van der Waals surface area contributed by atoms with Gasteiger partial charge in [-0.05, 0) is 35.4 Å². The van der Waals surface area contributed by atoms with Gasteiger partial charge in [-0.15, -0.1) is 0 Å². The number of hydrogen-bond acceptors (Lipinski definition) is 5. The van der Waals surface area contributed by atoms with Crippen molar-refractivity contribution < 1.29 is 14.2 Å². The molecule has 4 N–H and O–H groups in total. The fourth-order valence-electron chi connectivity index (χ4n) is 2.06. The van der Waals surface area contributed by atoms with Crippen LogP contribution in [0.1, 0.15) is 11.1 Å². The topological polar surface area (TPSA) is 79.7 Å². The number of ether oxygens (including phenoxy) is 3. The quantitative estimate of drug-likeness (QED) is 0.656. The van der Waals surface area contributed by atoms with E-state index in [0.29, 0.717) is 39.5 Å². The molecule has 0 bridgehead atoms. The molecular weight excluding hydrogens is 292 g/mol. The smallest absolute Gasteiger partial charge is 0.119 e. The molecule has 0 unspecified atom stereocenters. The van der Waals surface area contributed by atoms with Crippen LogP contribution in [0.4, 0.5) is 0 Å². The summed E-state index contributed by atoms with van der Waals surface area (Å²) in [6.45, 7) is 3.04. The van der Waals surface area contributed by atoms with E-state index in [1.165, 1.54) is 0 Å². The number of rotatable bonds is 10. The minimum Gasteiger partial charge on any atom is -0.491 e. The largest absolute Gasteiger partial charge is 0.491 e. The van der Waals surface area contributed by atoms with Crippen molar-refractivity contribution in [2.45, 2.75) is 13.1 Å². The third-order valence-corrected chi connectivity index (χ3v) is 3.26. The van der Waals surface area contributed by atoms with Gasteiger partial charge in [0.05, 0.1) is 13.2 Å². The Morgan fingerprint density at radius 1 is 0.652 bits per heavy atom. The van der Waals surface area contributed by atoms with Gasteiger partial charge in [0, 0.05) is 13.1 Å². The normalized spacial score (nSPS) is 10.5. The summed E-state index contributed by atoms with van der Waals surface area (Å²) in [6.07, 6.45) is 0. The van der Waals surface area contributed by atoms with E-state index in [0.717, 1.165) is 22.6 Å². The lowest BCUT2D eigenvalue weighted by atomic mass is 10.2. The van der Waals surface area contributed by atoms with Crippen LogP contribution in [0.3, 0.4) is 0 Å². The van der Waals surface area contributed by atoms with Crippen LogP contribution in [-0.2, 0) is 17.8 Å². The Morgan fingerprint density at radius 3 is 1.57 bits per heavy atom. The molecule has 0 saturated heterocycles. The summed E-state index contributed by atoms with van der Waals surface area (Å²) >= 11 is 0. The monoisotopic (exact) mass is 316 g/mol. The van der Waals surface area contributed by atoms with Crippen molar-refractivity contribution >= 4 is 0 Å². The van der Waals surface area contributed by atoms with Crippen molar-refractivity contribution in [1.82, 2.24) is 0 Å². The van der Waals surface area contributed by atoms with Gasteiger partial charge in [-0.3, -0.25) is 0 Å². The van der Waals surface area contributed by atoms with Crippen LogP contribution in [0, 0.1) is 0 Å². The second kappa shape index (κ2) is 9.84. The Morgan fingerprint density at radius 2 is 1.13 bits per heavy atom. The van der Waals surface area contributed by atoms with Gasteiger partial charge in [-0.2, -0.15) is 0 Å². The third kappa shape index (κ3) is 6.28. The average molecular weight is 316 g/mol. The molecule has 0 fully saturated rings. The zero-order chi connectivity index (χ0) is 16.3. The molecule has 0 aliphatic rings. The fraction of sp³-hybridized carbons (Fsp3) is 0.333. The molecule has 2 rings (SSSR count). The highest BCUT2D eigenvalue weighted by Gasteiger charge is 1.98. The van der Waals surface area contributed by atoms with Gasteiger partial charge in [-0.1, -0.05) is 24.3 Å². The molecule has 23 heavy (non-hydrogen) atoms. The fourth-order valence-corrected chi connectivity index (χ4v) is 2.06. The van der Waals surface area contributed by atoms with E-state index in [9.17, 15) is 0 Å². The van der Waals surface area contributed by atoms with Gasteiger partial charge in [-0.25, -0.2) is 0 Å². The molecule has 2 aromatic carbocycles.